The maximum Gasteiger partial charge on any atom is 0.100 e. The van der Waals surface area contributed by atoms with Crippen molar-refractivity contribution in [2.45, 2.75) is 0 Å². The number of anilines is 1. The highest BCUT2D eigenvalue weighted by molar-refractivity contribution is 9.11. The highest BCUT2D eigenvalue weighted by atomic mass is 79.9. The standard InChI is InChI=1S/C13H9Br2N3/c14-8-1-3-12(10(15)5-8)18-7-17-11-6-9(16)2-4-13(11)18/h1-7H,16H2. The van der Waals surface area contributed by atoms with Crippen LogP contribution in [0.4, 0.5) is 5.69 Å². The smallest absolute Gasteiger partial charge is 0.100 e. The van der Waals surface area contributed by atoms with Crippen molar-refractivity contribution in [3.63, 3.8) is 0 Å². The highest BCUT2D eigenvalue weighted by Crippen LogP contribution is 2.28. The summed E-state index contributed by atoms with van der Waals surface area (Å²) in [5.41, 5.74) is 9.46. The molecule has 1 aromatic heterocycles. The highest BCUT2D eigenvalue weighted by Gasteiger charge is 2.08. The number of rotatable bonds is 1. The van der Waals surface area contributed by atoms with Crippen molar-refractivity contribution >= 4 is 48.6 Å². The van der Waals surface area contributed by atoms with Crippen LogP contribution in [0.25, 0.3) is 16.7 Å². The zero-order valence-corrected chi connectivity index (χ0v) is 12.4. The molecule has 0 atom stereocenters. The second-order valence-electron chi connectivity index (χ2n) is 3.96. The van der Waals surface area contributed by atoms with E-state index in [2.05, 4.69) is 36.8 Å². The average Bonchev–Trinajstić information content (AvgIpc) is 2.72. The van der Waals surface area contributed by atoms with Crippen molar-refractivity contribution in [1.82, 2.24) is 9.55 Å². The number of aromatic nitrogens is 2. The van der Waals surface area contributed by atoms with Crippen LogP contribution in [0.2, 0.25) is 0 Å². The van der Waals surface area contributed by atoms with E-state index in [1.807, 2.05) is 41.0 Å². The second kappa shape index (κ2) is 4.40. The van der Waals surface area contributed by atoms with Gasteiger partial charge in [-0.3, -0.25) is 4.57 Å². The van der Waals surface area contributed by atoms with Gasteiger partial charge in [0.15, 0.2) is 0 Å². The molecular formula is C13H9Br2N3. The Kier molecular flexibility index (Phi) is 2.87. The van der Waals surface area contributed by atoms with Crippen LogP contribution in [0.15, 0.2) is 51.7 Å². The van der Waals surface area contributed by atoms with Gasteiger partial charge in [0.05, 0.1) is 16.7 Å². The van der Waals surface area contributed by atoms with Gasteiger partial charge in [0.2, 0.25) is 0 Å². The number of fused-ring (bicyclic) bond motifs is 1. The van der Waals surface area contributed by atoms with E-state index in [1.54, 1.807) is 6.33 Å². The lowest BCUT2D eigenvalue weighted by atomic mass is 10.2. The monoisotopic (exact) mass is 365 g/mol. The molecule has 3 nitrogen and oxygen atoms in total. The zero-order chi connectivity index (χ0) is 12.7. The molecule has 0 fully saturated rings. The Morgan fingerprint density at radius 1 is 1.06 bits per heavy atom. The largest absolute Gasteiger partial charge is 0.399 e. The lowest BCUT2D eigenvalue weighted by molar-refractivity contribution is 1.08. The van der Waals surface area contributed by atoms with Crippen LogP contribution in [0.5, 0.6) is 0 Å². The van der Waals surface area contributed by atoms with Gasteiger partial charge in [-0.1, -0.05) is 15.9 Å². The fourth-order valence-electron chi connectivity index (χ4n) is 1.90. The number of hydrogen-bond acceptors (Lipinski definition) is 2. The maximum absolute atomic E-state index is 5.76. The Bertz CT molecular complexity index is 734. The summed E-state index contributed by atoms with van der Waals surface area (Å²) < 4.78 is 4.07. The zero-order valence-electron chi connectivity index (χ0n) is 9.27. The molecule has 0 saturated carbocycles. The van der Waals surface area contributed by atoms with Crippen molar-refractivity contribution in [2.24, 2.45) is 0 Å². The van der Waals surface area contributed by atoms with Gasteiger partial charge in [-0.25, -0.2) is 4.98 Å². The topological polar surface area (TPSA) is 43.8 Å². The minimum absolute atomic E-state index is 0.725. The van der Waals surface area contributed by atoms with Gasteiger partial charge in [-0.2, -0.15) is 0 Å². The van der Waals surface area contributed by atoms with Gasteiger partial charge < -0.3 is 5.73 Å². The number of nitrogen functional groups attached to an aromatic ring is 1. The summed E-state index contributed by atoms with van der Waals surface area (Å²) in [4.78, 5) is 4.37. The maximum atomic E-state index is 5.76. The van der Waals surface area contributed by atoms with E-state index in [9.17, 15) is 0 Å². The lowest BCUT2D eigenvalue weighted by Crippen LogP contribution is -1.93. The number of benzene rings is 2. The van der Waals surface area contributed by atoms with Crippen molar-refractivity contribution in [1.29, 1.82) is 0 Å². The van der Waals surface area contributed by atoms with Crippen LogP contribution in [0.1, 0.15) is 0 Å². The molecule has 18 heavy (non-hydrogen) atoms. The number of hydrogen-bond donors (Lipinski definition) is 1. The predicted molar refractivity (Wildman–Crippen MR) is 80.9 cm³/mol. The van der Waals surface area contributed by atoms with Crippen LogP contribution in [0.3, 0.4) is 0 Å². The molecule has 90 valence electrons. The van der Waals surface area contributed by atoms with Gasteiger partial charge in [0.1, 0.15) is 6.33 Å². The van der Waals surface area contributed by atoms with Crippen LogP contribution < -0.4 is 5.73 Å². The fraction of sp³-hybridized carbons (Fsp3) is 0. The summed E-state index contributed by atoms with van der Waals surface area (Å²) in [5.74, 6) is 0. The van der Waals surface area contributed by atoms with Gasteiger partial charge >= 0.3 is 0 Å². The average molecular weight is 367 g/mol. The molecule has 2 aromatic carbocycles. The van der Waals surface area contributed by atoms with E-state index in [0.717, 1.165) is 31.4 Å². The van der Waals surface area contributed by atoms with Gasteiger partial charge in [0, 0.05) is 14.6 Å². The van der Waals surface area contributed by atoms with E-state index in [1.165, 1.54) is 0 Å². The van der Waals surface area contributed by atoms with E-state index in [-0.39, 0.29) is 0 Å². The first kappa shape index (κ1) is 11.7. The van der Waals surface area contributed by atoms with Crippen molar-refractivity contribution in [2.75, 3.05) is 5.73 Å². The number of nitrogens with zero attached hydrogens (tertiary/aromatic N) is 2. The van der Waals surface area contributed by atoms with E-state index in [0.29, 0.717) is 0 Å². The fourth-order valence-corrected chi connectivity index (χ4v) is 3.14. The summed E-state index contributed by atoms with van der Waals surface area (Å²) >= 11 is 7.01. The molecule has 5 heteroatoms. The third kappa shape index (κ3) is 1.93. The number of imidazole rings is 1. The van der Waals surface area contributed by atoms with Crippen LogP contribution in [-0.2, 0) is 0 Å². The molecule has 0 radical (unpaired) electrons. The van der Waals surface area contributed by atoms with Gasteiger partial charge in [-0.05, 0) is 52.3 Å². The summed E-state index contributed by atoms with van der Waals surface area (Å²) in [5, 5.41) is 0. The SMILES string of the molecule is Nc1ccc2c(c1)ncn2-c1ccc(Br)cc1Br. The normalized spacial score (nSPS) is 11.0. The molecule has 0 bridgehead atoms. The minimum atomic E-state index is 0.725. The van der Waals surface area contributed by atoms with E-state index in [4.69, 9.17) is 5.73 Å². The molecule has 0 aliphatic rings. The first-order chi connectivity index (χ1) is 8.65. The third-order valence-electron chi connectivity index (χ3n) is 2.74. The Morgan fingerprint density at radius 3 is 2.67 bits per heavy atom. The van der Waals surface area contributed by atoms with Crippen LogP contribution >= 0.6 is 31.9 Å². The molecule has 0 saturated heterocycles. The first-order valence-electron chi connectivity index (χ1n) is 5.33. The molecule has 0 aliphatic carbocycles. The minimum Gasteiger partial charge on any atom is -0.399 e. The van der Waals surface area contributed by atoms with Crippen molar-refractivity contribution in [3.05, 3.63) is 51.7 Å². The van der Waals surface area contributed by atoms with E-state index >= 15 is 0 Å². The molecule has 1 heterocycles. The Hall–Kier alpha value is -1.33. The summed E-state index contributed by atoms with van der Waals surface area (Å²) in [6.45, 7) is 0. The first-order valence-corrected chi connectivity index (χ1v) is 6.92. The molecule has 0 amide bonds. The lowest BCUT2D eigenvalue weighted by Gasteiger charge is -2.07. The predicted octanol–water partition coefficient (Wildman–Crippen LogP) is 4.13. The Morgan fingerprint density at radius 2 is 1.89 bits per heavy atom. The molecular weight excluding hydrogens is 358 g/mol. The molecule has 3 aromatic rings. The van der Waals surface area contributed by atoms with Crippen molar-refractivity contribution < 1.29 is 0 Å². The van der Waals surface area contributed by atoms with Gasteiger partial charge in [0.25, 0.3) is 0 Å². The summed E-state index contributed by atoms with van der Waals surface area (Å²) in [6.07, 6.45) is 1.80. The number of halogens is 2. The van der Waals surface area contributed by atoms with Crippen LogP contribution in [-0.4, -0.2) is 9.55 Å². The van der Waals surface area contributed by atoms with Crippen molar-refractivity contribution in [3.8, 4) is 5.69 Å². The van der Waals surface area contributed by atoms with Gasteiger partial charge in [-0.15, -0.1) is 0 Å². The third-order valence-corrected chi connectivity index (χ3v) is 3.87. The molecule has 0 unspecified atom stereocenters. The van der Waals surface area contributed by atoms with E-state index < -0.39 is 0 Å². The quantitative estimate of drug-likeness (QED) is 0.658. The molecule has 3 rings (SSSR count). The van der Waals surface area contributed by atoms with Crippen LogP contribution in [0, 0.1) is 0 Å². The second-order valence-corrected chi connectivity index (χ2v) is 5.73. The summed E-state index contributed by atoms with van der Waals surface area (Å²) in [7, 11) is 0. The molecule has 0 aliphatic heterocycles. The summed E-state index contributed by atoms with van der Waals surface area (Å²) in [6, 6.07) is 11.8. The molecule has 0 spiro atoms. The molecule has 2 N–H and O–H groups in total. The Labute approximate surface area is 121 Å². The number of nitrogens with two attached hydrogens (primary N) is 1. The Balaban J connectivity index is 2.25.